The highest BCUT2D eigenvalue weighted by Crippen LogP contribution is 2.25. The second-order valence-electron chi connectivity index (χ2n) is 4.02. The third-order valence-corrected chi connectivity index (χ3v) is 3.32. The molecule has 0 aliphatic heterocycles. The first-order chi connectivity index (χ1) is 7.60. The van der Waals surface area contributed by atoms with E-state index in [0.717, 1.165) is 28.6 Å². The Morgan fingerprint density at radius 3 is 2.75 bits per heavy atom. The highest BCUT2D eigenvalue weighted by Gasteiger charge is 2.12. The number of rotatable bonds is 4. The Bertz CT molecular complexity index is 395. The molecule has 1 aromatic carbocycles. The van der Waals surface area contributed by atoms with Crippen molar-refractivity contribution in [3.05, 3.63) is 28.2 Å². The van der Waals surface area contributed by atoms with Crippen molar-refractivity contribution in [1.82, 2.24) is 0 Å². The van der Waals surface area contributed by atoms with Crippen LogP contribution in [0.1, 0.15) is 32.3 Å². The molecule has 0 spiro atoms. The van der Waals surface area contributed by atoms with Crippen LogP contribution in [0.2, 0.25) is 0 Å². The lowest BCUT2D eigenvalue weighted by molar-refractivity contribution is 0.616. The summed E-state index contributed by atoms with van der Waals surface area (Å²) in [6.07, 6.45) is 2.29. The van der Waals surface area contributed by atoms with Gasteiger partial charge >= 0.3 is 0 Å². The summed E-state index contributed by atoms with van der Waals surface area (Å²) >= 11 is 3.38. The van der Waals surface area contributed by atoms with Gasteiger partial charge < -0.3 is 4.90 Å². The summed E-state index contributed by atoms with van der Waals surface area (Å²) in [4.78, 5) is 2.18. The van der Waals surface area contributed by atoms with E-state index in [-0.39, 0.29) is 0 Å². The number of hydrogen-bond acceptors (Lipinski definition) is 2. The Morgan fingerprint density at radius 1 is 1.50 bits per heavy atom. The van der Waals surface area contributed by atoms with Crippen LogP contribution in [0.25, 0.3) is 0 Å². The van der Waals surface area contributed by atoms with Crippen LogP contribution in [-0.2, 0) is 0 Å². The van der Waals surface area contributed by atoms with E-state index in [2.05, 4.69) is 40.7 Å². The van der Waals surface area contributed by atoms with E-state index in [1.807, 2.05) is 25.2 Å². The van der Waals surface area contributed by atoms with E-state index in [0.29, 0.717) is 6.04 Å². The number of anilines is 1. The minimum Gasteiger partial charge on any atom is -0.371 e. The second kappa shape index (κ2) is 5.91. The van der Waals surface area contributed by atoms with Crippen LogP contribution in [0.3, 0.4) is 0 Å². The smallest absolute Gasteiger partial charge is 0.101 e. The van der Waals surface area contributed by atoms with Crippen molar-refractivity contribution in [2.45, 2.75) is 32.7 Å². The molecule has 0 radical (unpaired) electrons. The first-order valence-corrected chi connectivity index (χ1v) is 6.32. The first kappa shape index (κ1) is 13.1. The number of nitriles is 1. The summed E-state index contributed by atoms with van der Waals surface area (Å²) < 4.78 is 0.948. The zero-order valence-corrected chi connectivity index (χ0v) is 11.6. The molecule has 2 nitrogen and oxygen atoms in total. The highest BCUT2D eigenvalue weighted by atomic mass is 79.9. The van der Waals surface area contributed by atoms with Crippen molar-refractivity contribution in [3.8, 4) is 6.07 Å². The minimum absolute atomic E-state index is 0.457. The van der Waals surface area contributed by atoms with E-state index in [1.165, 1.54) is 0 Å². The first-order valence-electron chi connectivity index (χ1n) is 5.52. The minimum atomic E-state index is 0.457. The Labute approximate surface area is 106 Å². The quantitative estimate of drug-likeness (QED) is 0.835. The summed E-state index contributed by atoms with van der Waals surface area (Å²) in [5, 5.41) is 9.11. The van der Waals surface area contributed by atoms with Gasteiger partial charge in [-0.1, -0.05) is 29.3 Å². The Kier molecular flexibility index (Phi) is 4.82. The number of benzene rings is 1. The molecule has 3 heteroatoms. The van der Waals surface area contributed by atoms with E-state index in [4.69, 9.17) is 5.26 Å². The predicted octanol–water partition coefficient (Wildman–Crippen LogP) is 3.95. The van der Waals surface area contributed by atoms with Crippen LogP contribution in [0.4, 0.5) is 5.69 Å². The molecule has 1 aromatic rings. The zero-order chi connectivity index (χ0) is 12.1. The van der Waals surface area contributed by atoms with Gasteiger partial charge in [-0.05, 0) is 31.5 Å². The van der Waals surface area contributed by atoms with Gasteiger partial charge in [0.15, 0.2) is 0 Å². The SMILES string of the molecule is CCCC(C)N(C)c1ccc(Br)cc1C#N. The lowest BCUT2D eigenvalue weighted by Gasteiger charge is -2.27. The molecule has 0 aliphatic rings. The standard InChI is InChI=1S/C13H17BrN2/c1-4-5-10(2)16(3)13-7-6-12(14)8-11(13)9-15/h6-8,10H,4-5H2,1-3H3. The molecule has 0 N–H and O–H groups in total. The van der Waals surface area contributed by atoms with Gasteiger partial charge in [-0.25, -0.2) is 0 Å². The number of hydrogen-bond donors (Lipinski definition) is 0. The van der Waals surface area contributed by atoms with Crippen LogP contribution >= 0.6 is 15.9 Å². The molecule has 0 fully saturated rings. The summed E-state index contributed by atoms with van der Waals surface area (Å²) in [5.74, 6) is 0. The molecule has 1 rings (SSSR count). The molecule has 16 heavy (non-hydrogen) atoms. The summed E-state index contributed by atoms with van der Waals surface area (Å²) in [6, 6.07) is 8.54. The molecule has 0 heterocycles. The maximum atomic E-state index is 9.11. The monoisotopic (exact) mass is 280 g/mol. The average molecular weight is 281 g/mol. The lowest BCUT2D eigenvalue weighted by atomic mass is 10.1. The second-order valence-corrected chi connectivity index (χ2v) is 4.94. The van der Waals surface area contributed by atoms with Gasteiger partial charge in [0.2, 0.25) is 0 Å². The van der Waals surface area contributed by atoms with Crippen LogP contribution in [-0.4, -0.2) is 13.1 Å². The molecule has 0 amide bonds. The van der Waals surface area contributed by atoms with Crippen LogP contribution < -0.4 is 4.90 Å². The molecular weight excluding hydrogens is 264 g/mol. The fourth-order valence-electron chi connectivity index (χ4n) is 1.75. The number of nitrogens with zero attached hydrogens (tertiary/aromatic N) is 2. The molecule has 0 saturated carbocycles. The molecule has 1 atom stereocenters. The Balaban J connectivity index is 2.99. The van der Waals surface area contributed by atoms with Gasteiger partial charge in [0.05, 0.1) is 11.3 Å². The van der Waals surface area contributed by atoms with Crippen LogP contribution in [0.15, 0.2) is 22.7 Å². The van der Waals surface area contributed by atoms with Crippen molar-refractivity contribution in [3.63, 3.8) is 0 Å². The Hall–Kier alpha value is -1.01. The van der Waals surface area contributed by atoms with Gasteiger partial charge in [-0.3, -0.25) is 0 Å². The van der Waals surface area contributed by atoms with E-state index >= 15 is 0 Å². The fraction of sp³-hybridized carbons (Fsp3) is 0.462. The molecule has 0 aliphatic carbocycles. The van der Waals surface area contributed by atoms with Gasteiger partial charge in [0, 0.05) is 17.6 Å². The van der Waals surface area contributed by atoms with Gasteiger partial charge in [0.25, 0.3) is 0 Å². The molecule has 0 bridgehead atoms. The fourth-order valence-corrected chi connectivity index (χ4v) is 2.12. The topological polar surface area (TPSA) is 27.0 Å². The van der Waals surface area contributed by atoms with Crippen molar-refractivity contribution >= 4 is 21.6 Å². The number of halogens is 1. The van der Waals surface area contributed by atoms with Crippen LogP contribution in [0, 0.1) is 11.3 Å². The maximum absolute atomic E-state index is 9.11. The molecule has 0 saturated heterocycles. The van der Waals surface area contributed by atoms with E-state index in [9.17, 15) is 0 Å². The van der Waals surface area contributed by atoms with Crippen molar-refractivity contribution in [1.29, 1.82) is 5.26 Å². The predicted molar refractivity (Wildman–Crippen MR) is 71.6 cm³/mol. The average Bonchev–Trinajstić information content (AvgIpc) is 2.28. The summed E-state index contributed by atoms with van der Waals surface area (Å²) in [5.41, 5.74) is 1.73. The maximum Gasteiger partial charge on any atom is 0.101 e. The molecule has 1 unspecified atom stereocenters. The summed E-state index contributed by atoms with van der Waals surface area (Å²) in [7, 11) is 2.05. The normalized spacial score (nSPS) is 11.9. The van der Waals surface area contributed by atoms with Crippen molar-refractivity contribution < 1.29 is 0 Å². The van der Waals surface area contributed by atoms with Gasteiger partial charge in [-0.15, -0.1) is 0 Å². The zero-order valence-electron chi connectivity index (χ0n) is 10.00. The molecular formula is C13H17BrN2. The molecule has 86 valence electrons. The Morgan fingerprint density at radius 2 is 2.19 bits per heavy atom. The third kappa shape index (κ3) is 2.99. The largest absolute Gasteiger partial charge is 0.371 e. The third-order valence-electron chi connectivity index (χ3n) is 2.83. The highest BCUT2D eigenvalue weighted by molar-refractivity contribution is 9.10. The van der Waals surface area contributed by atoms with Crippen molar-refractivity contribution in [2.75, 3.05) is 11.9 Å². The molecule has 0 aromatic heterocycles. The lowest BCUT2D eigenvalue weighted by Crippen LogP contribution is -2.29. The van der Waals surface area contributed by atoms with E-state index in [1.54, 1.807) is 0 Å². The van der Waals surface area contributed by atoms with E-state index < -0.39 is 0 Å². The van der Waals surface area contributed by atoms with Crippen LogP contribution in [0.5, 0.6) is 0 Å². The summed E-state index contributed by atoms with van der Waals surface area (Å²) in [6.45, 7) is 4.36. The van der Waals surface area contributed by atoms with Crippen molar-refractivity contribution in [2.24, 2.45) is 0 Å². The van der Waals surface area contributed by atoms with Gasteiger partial charge in [-0.2, -0.15) is 5.26 Å². The van der Waals surface area contributed by atoms with Gasteiger partial charge in [0.1, 0.15) is 6.07 Å².